The van der Waals surface area contributed by atoms with Gasteiger partial charge in [-0.2, -0.15) is 0 Å². The number of aryl methyl sites for hydroxylation is 2. The Morgan fingerprint density at radius 3 is 2.56 bits per heavy atom. The molecule has 0 saturated carbocycles. The second kappa shape index (κ2) is 8.33. The third kappa shape index (κ3) is 3.20. The topological polar surface area (TPSA) is 96.6 Å². The second-order valence-corrected chi connectivity index (χ2v) is 11.2. The van der Waals surface area contributed by atoms with Gasteiger partial charge in [-0.1, -0.05) is 71.0 Å². The number of halogens is 1. The number of carbonyl (C=O) groups excluding carboxylic acids is 2. The molecule has 1 atom stereocenters. The lowest BCUT2D eigenvalue weighted by atomic mass is 9.84. The number of carbonyl (C=O) groups is 2. The van der Waals surface area contributed by atoms with E-state index in [0.29, 0.717) is 21.3 Å². The van der Waals surface area contributed by atoms with Crippen molar-refractivity contribution in [2.45, 2.75) is 25.9 Å². The number of fused-ring (bicyclic) bond motifs is 5. The quantitative estimate of drug-likeness (QED) is 0.298. The van der Waals surface area contributed by atoms with Crippen LogP contribution >= 0.6 is 22.9 Å². The van der Waals surface area contributed by atoms with Crippen LogP contribution in [0.3, 0.4) is 0 Å². The molecule has 1 spiro atoms. The molecule has 192 valence electrons. The third-order valence-corrected chi connectivity index (χ3v) is 8.28. The first-order chi connectivity index (χ1) is 18.8. The van der Waals surface area contributed by atoms with E-state index in [1.165, 1.54) is 11.0 Å². The van der Waals surface area contributed by atoms with E-state index in [-0.39, 0.29) is 34.0 Å². The molecule has 3 aromatic carbocycles. The monoisotopic (exact) mass is 554 g/mol. The normalized spacial score (nSPS) is 17.9. The summed E-state index contributed by atoms with van der Waals surface area (Å²) in [4.78, 5) is 46.1. The average molecular weight is 555 g/mol. The number of benzene rings is 3. The predicted molar refractivity (Wildman–Crippen MR) is 149 cm³/mol. The van der Waals surface area contributed by atoms with Crippen LogP contribution in [0, 0.1) is 13.8 Å². The number of nitrogens with zero attached hydrogens (tertiary/aromatic N) is 4. The Morgan fingerprint density at radius 2 is 1.79 bits per heavy atom. The van der Waals surface area contributed by atoms with Crippen LogP contribution in [-0.2, 0) is 16.9 Å². The predicted octanol–water partition coefficient (Wildman–Crippen LogP) is 5.37. The van der Waals surface area contributed by atoms with Crippen molar-refractivity contribution >= 4 is 56.5 Å². The summed E-state index contributed by atoms with van der Waals surface area (Å²) in [6, 6.07) is 19.7. The molecule has 0 N–H and O–H groups in total. The van der Waals surface area contributed by atoms with Crippen LogP contribution in [0.25, 0.3) is 11.0 Å². The second-order valence-electron chi connectivity index (χ2n) is 9.63. The Hall–Kier alpha value is -4.34. The van der Waals surface area contributed by atoms with E-state index in [0.717, 1.165) is 22.5 Å². The van der Waals surface area contributed by atoms with Gasteiger partial charge in [-0.05, 0) is 43.7 Å². The molecule has 1 unspecified atom stereocenters. The lowest BCUT2D eigenvalue weighted by Gasteiger charge is -2.32. The summed E-state index contributed by atoms with van der Waals surface area (Å²) in [6.07, 6.45) is 0. The van der Waals surface area contributed by atoms with Crippen molar-refractivity contribution in [3.05, 3.63) is 115 Å². The fourth-order valence-electron chi connectivity index (χ4n) is 5.66. The fraction of sp³-hybridized carbons (Fsp3) is 0.138. The fourth-order valence-corrected chi connectivity index (χ4v) is 6.57. The summed E-state index contributed by atoms with van der Waals surface area (Å²) >= 11 is 7.40. The molecule has 0 bridgehead atoms. The van der Waals surface area contributed by atoms with Crippen molar-refractivity contribution in [2.75, 3.05) is 9.80 Å². The first kappa shape index (κ1) is 23.8. The molecule has 4 heterocycles. The first-order valence-corrected chi connectivity index (χ1v) is 13.4. The molecule has 2 amide bonds. The molecule has 39 heavy (non-hydrogen) atoms. The zero-order valence-corrected chi connectivity index (χ0v) is 22.3. The Kier molecular flexibility index (Phi) is 5.07. The SMILES string of the molecule is Cc1cccc(CN2C(=O)C3(c4ccccc42)c2c(oc4ccc(Cl)cc4c2=O)C(=O)N3c2nnc(C)s2)c1. The van der Waals surface area contributed by atoms with Gasteiger partial charge in [-0.15, -0.1) is 10.2 Å². The number of hydrogen-bond donors (Lipinski definition) is 0. The number of amides is 2. The van der Waals surface area contributed by atoms with Gasteiger partial charge < -0.3 is 9.32 Å². The molecule has 0 saturated heterocycles. The first-order valence-electron chi connectivity index (χ1n) is 12.2. The molecule has 2 aliphatic rings. The Balaban J connectivity index is 1.56. The van der Waals surface area contributed by atoms with Crippen LogP contribution in [0.2, 0.25) is 5.02 Å². The summed E-state index contributed by atoms with van der Waals surface area (Å²) in [5.74, 6) is -1.27. The third-order valence-electron chi connectivity index (χ3n) is 7.22. The van der Waals surface area contributed by atoms with Crippen molar-refractivity contribution < 1.29 is 14.0 Å². The van der Waals surface area contributed by atoms with Gasteiger partial charge in [-0.25, -0.2) is 0 Å². The van der Waals surface area contributed by atoms with E-state index in [1.54, 1.807) is 36.1 Å². The Bertz CT molecular complexity index is 1930. The van der Waals surface area contributed by atoms with Crippen molar-refractivity contribution in [3.8, 4) is 0 Å². The van der Waals surface area contributed by atoms with Crippen LogP contribution in [0.1, 0.15) is 37.8 Å². The standard InChI is InChI=1S/C29H19ClN4O4S/c1-15-6-5-7-17(12-15)14-33-21-9-4-3-8-20(21)29(27(33)37)23-24(35)19-13-18(30)10-11-22(19)38-25(23)26(36)34(29)28-32-31-16(2)39-28/h3-13H,14H2,1-2H3. The minimum absolute atomic E-state index is 0.0423. The minimum Gasteiger partial charge on any atom is -0.450 e. The van der Waals surface area contributed by atoms with Crippen molar-refractivity contribution in [2.24, 2.45) is 0 Å². The smallest absolute Gasteiger partial charge is 0.297 e. The average Bonchev–Trinajstić information content (AvgIpc) is 3.53. The van der Waals surface area contributed by atoms with Gasteiger partial charge in [0.1, 0.15) is 10.6 Å². The van der Waals surface area contributed by atoms with E-state index in [4.69, 9.17) is 16.0 Å². The van der Waals surface area contributed by atoms with Crippen LogP contribution < -0.4 is 15.2 Å². The molecule has 2 aromatic heterocycles. The van der Waals surface area contributed by atoms with Gasteiger partial charge in [0.15, 0.2) is 11.0 Å². The molecule has 5 aromatic rings. The van der Waals surface area contributed by atoms with Crippen molar-refractivity contribution in [1.29, 1.82) is 0 Å². The maximum absolute atomic E-state index is 14.8. The maximum atomic E-state index is 14.8. The summed E-state index contributed by atoms with van der Waals surface area (Å²) in [5.41, 5.74) is 0.908. The van der Waals surface area contributed by atoms with Crippen LogP contribution in [-0.4, -0.2) is 22.0 Å². The van der Waals surface area contributed by atoms with Crippen molar-refractivity contribution in [3.63, 3.8) is 0 Å². The molecule has 0 radical (unpaired) electrons. The number of para-hydroxylation sites is 1. The summed E-state index contributed by atoms with van der Waals surface area (Å²) in [7, 11) is 0. The number of aromatic nitrogens is 2. The van der Waals surface area contributed by atoms with Gasteiger partial charge in [0.05, 0.1) is 23.2 Å². The highest BCUT2D eigenvalue weighted by Crippen LogP contribution is 2.54. The number of anilines is 2. The molecular weight excluding hydrogens is 536 g/mol. The van der Waals surface area contributed by atoms with E-state index in [2.05, 4.69) is 10.2 Å². The van der Waals surface area contributed by atoms with Crippen LogP contribution in [0.4, 0.5) is 10.8 Å². The van der Waals surface area contributed by atoms with E-state index < -0.39 is 22.8 Å². The lowest BCUT2D eigenvalue weighted by Crippen LogP contribution is -2.53. The van der Waals surface area contributed by atoms with Crippen LogP contribution in [0.5, 0.6) is 0 Å². The minimum atomic E-state index is -1.82. The summed E-state index contributed by atoms with van der Waals surface area (Å²) in [5, 5.41) is 9.66. The zero-order valence-electron chi connectivity index (χ0n) is 20.8. The van der Waals surface area contributed by atoms with Gasteiger partial charge in [0.25, 0.3) is 11.8 Å². The highest BCUT2D eigenvalue weighted by atomic mass is 35.5. The maximum Gasteiger partial charge on any atom is 0.297 e. The van der Waals surface area contributed by atoms with Gasteiger partial charge in [0.2, 0.25) is 10.9 Å². The van der Waals surface area contributed by atoms with E-state index in [1.807, 2.05) is 43.3 Å². The summed E-state index contributed by atoms with van der Waals surface area (Å²) in [6.45, 7) is 3.99. The number of rotatable bonds is 3. The van der Waals surface area contributed by atoms with E-state index in [9.17, 15) is 14.4 Å². The molecule has 8 nitrogen and oxygen atoms in total. The van der Waals surface area contributed by atoms with E-state index >= 15 is 0 Å². The van der Waals surface area contributed by atoms with Gasteiger partial charge in [-0.3, -0.25) is 19.3 Å². The highest BCUT2D eigenvalue weighted by Gasteiger charge is 2.66. The molecule has 2 aliphatic heterocycles. The highest BCUT2D eigenvalue weighted by molar-refractivity contribution is 7.15. The molecular formula is C29H19ClN4O4S. The lowest BCUT2D eigenvalue weighted by molar-refractivity contribution is -0.121. The Morgan fingerprint density at radius 1 is 0.974 bits per heavy atom. The Labute approximate surface area is 231 Å². The molecule has 0 aliphatic carbocycles. The van der Waals surface area contributed by atoms with Gasteiger partial charge >= 0.3 is 0 Å². The van der Waals surface area contributed by atoms with Crippen LogP contribution in [0.15, 0.2) is 75.9 Å². The molecule has 0 fully saturated rings. The van der Waals surface area contributed by atoms with Gasteiger partial charge in [0, 0.05) is 10.6 Å². The number of hydrogen-bond acceptors (Lipinski definition) is 7. The molecule has 10 heteroatoms. The zero-order chi connectivity index (χ0) is 27.1. The summed E-state index contributed by atoms with van der Waals surface area (Å²) < 4.78 is 6.07. The van der Waals surface area contributed by atoms with Crippen molar-refractivity contribution in [1.82, 2.24) is 10.2 Å². The largest absolute Gasteiger partial charge is 0.450 e. The molecule has 7 rings (SSSR count).